The van der Waals surface area contributed by atoms with Gasteiger partial charge in [-0.3, -0.25) is 9.69 Å². The van der Waals surface area contributed by atoms with Gasteiger partial charge in [-0.05, 0) is 6.42 Å². The molecular weight excluding hydrogens is 142 g/mol. The van der Waals surface area contributed by atoms with Gasteiger partial charge in [0.15, 0.2) is 0 Å². The Morgan fingerprint density at radius 2 is 2.27 bits per heavy atom. The van der Waals surface area contributed by atoms with Gasteiger partial charge in [-0.25, -0.2) is 0 Å². The number of primary amides is 1. The average Bonchev–Trinajstić information content (AvgIpc) is 1.73. The Labute approximate surface area is 65.7 Å². The van der Waals surface area contributed by atoms with Gasteiger partial charge in [0.05, 0.1) is 6.04 Å². The molecule has 2 aliphatic heterocycles. The molecule has 1 unspecified atom stereocenters. The largest absolute Gasteiger partial charge is 0.368 e. The van der Waals surface area contributed by atoms with E-state index in [1.165, 1.54) is 0 Å². The lowest BCUT2D eigenvalue weighted by Gasteiger charge is -2.48. The normalized spacial score (nSPS) is 32.5. The Morgan fingerprint density at radius 1 is 1.55 bits per heavy atom. The highest BCUT2D eigenvalue weighted by Crippen LogP contribution is 2.21. The minimum Gasteiger partial charge on any atom is -0.368 e. The molecule has 62 valence electrons. The summed E-state index contributed by atoms with van der Waals surface area (Å²) < 4.78 is 0. The number of nitrogens with two attached hydrogens (primary N) is 1. The molecular formula is C7H13N3O. The fourth-order valence-electron chi connectivity index (χ4n) is 1.66. The molecule has 0 aromatic heterocycles. The highest BCUT2D eigenvalue weighted by Gasteiger charge is 2.39. The zero-order valence-corrected chi connectivity index (χ0v) is 6.42. The van der Waals surface area contributed by atoms with Crippen molar-refractivity contribution in [1.82, 2.24) is 10.2 Å². The summed E-state index contributed by atoms with van der Waals surface area (Å²) in [5, 5.41) is 3.18. The van der Waals surface area contributed by atoms with Gasteiger partial charge in [0.1, 0.15) is 0 Å². The number of nitrogens with zero attached hydrogens (tertiary/aromatic N) is 1. The Morgan fingerprint density at radius 3 is 2.55 bits per heavy atom. The van der Waals surface area contributed by atoms with Crippen LogP contribution >= 0.6 is 0 Å². The summed E-state index contributed by atoms with van der Waals surface area (Å²) >= 11 is 0. The number of carbonyl (C=O) groups excluding carboxylic acids is 1. The van der Waals surface area contributed by atoms with Crippen molar-refractivity contribution in [2.45, 2.75) is 18.5 Å². The first-order valence-corrected chi connectivity index (χ1v) is 4.05. The summed E-state index contributed by atoms with van der Waals surface area (Å²) in [6.45, 7) is 3.08. The molecule has 3 N–H and O–H groups in total. The first-order chi connectivity index (χ1) is 5.29. The second kappa shape index (κ2) is 2.46. The van der Waals surface area contributed by atoms with Crippen molar-refractivity contribution in [1.29, 1.82) is 0 Å². The average molecular weight is 155 g/mol. The molecule has 0 spiro atoms. The molecule has 11 heavy (non-hydrogen) atoms. The predicted molar refractivity (Wildman–Crippen MR) is 41.0 cm³/mol. The van der Waals surface area contributed by atoms with Crippen LogP contribution in [0.2, 0.25) is 0 Å². The van der Waals surface area contributed by atoms with E-state index < -0.39 is 0 Å². The SMILES string of the molecule is NC(=O)C1CCN1C1CNC1. The second-order valence-corrected chi connectivity index (χ2v) is 3.26. The van der Waals surface area contributed by atoms with E-state index in [9.17, 15) is 4.79 Å². The maximum absolute atomic E-state index is 10.8. The van der Waals surface area contributed by atoms with Gasteiger partial charge in [-0.1, -0.05) is 0 Å². The van der Waals surface area contributed by atoms with E-state index in [0.717, 1.165) is 26.1 Å². The summed E-state index contributed by atoms with van der Waals surface area (Å²) in [6.07, 6.45) is 0.950. The van der Waals surface area contributed by atoms with E-state index in [1.54, 1.807) is 0 Å². The Kier molecular flexibility index (Phi) is 1.58. The molecule has 4 nitrogen and oxygen atoms in total. The van der Waals surface area contributed by atoms with Crippen LogP contribution in [0.1, 0.15) is 6.42 Å². The van der Waals surface area contributed by atoms with Crippen molar-refractivity contribution in [3.8, 4) is 0 Å². The molecule has 0 radical (unpaired) electrons. The van der Waals surface area contributed by atoms with E-state index in [-0.39, 0.29) is 11.9 Å². The molecule has 1 amide bonds. The molecule has 0 aromatic carbocycles. The lowest BCUT2D eigenvalue weighted by molar-refractivity contribution is -0.130. The number of carbonyl (C=O) groups is 1. The van der Waals surface area contributed by atoms with Gasteiger partial charge in [-0.15, -0.1) is 0 Å². The van der Waals surface area contributed by atoms with E-state index in [2.05, 4.69) is 10.2 Å². The van der Waals surface area contributed by atoms with Crippen LogP contribution in [0.25, 0.3) is 0 Å². The van der Waals surface area contributed by atoms with Crippen LogP contribution in [-0.2, 0) is 4.79 Å². The van der Waals surface area contributed by atoms with Crippen LogP contribution in [0.3, 0.4) is 0 Å². The first kappa shape index (κ1) is 7.06. The van der Waals surface area contributed by atoms with E-state index >= 15 is 0 Å². The number of likely N-dealkylation sites (tertiary alicyclic amines) is 1. The lowest BCUT2D eigenvalue weighted by Crippen LogP contribution is -2.67. The molecule has 0 bridgehead atoms. The molecule has 4 heteroatoms. The third-order valence-corrected chi connectivity index (χ3v) is 2.62. The number of rotatable bonds is 2. The van der Waals surface area contributed by atoms with Crippen molar-refractivity contribution in [3.63, 3.8) is 0 Å². The standard InChI is InChI=1S/C7H13N3O/c8-7(11)6-1-2-10(6)5-3-9-4-5/h5-6,9H,1-4H2,(H2,8,11). The number of nitrogens with one attached hydrogen (secondary N) is 1. The van der Waals surface area contributed by atoms with Crippen LogP contribution in [-0.4, -0.2) is 42.5 Å². The van der Waals surface area contributed by atoms with E-state index in [1.807, 2.05) is 0 Å². The molecule has 2 saturated heterocycles. The maximum Gasteiger partial charge on any atom is 0.234 e. The summed E-state index contributed by atoms with van der Waals surface area (Å²) in [5.41, 5.74) is 5.20. The smallest absolute Gasteiger partial charge is 0.234 e. The van der Waals surface area contributed by atoms with Crippen molar-refractivity contribution in [2.24, 2.45) is 5.73 Å². The number of amides is 1. The highest BCUT2D eigenvalue weighted by molar-refractivity contribution is 5.80. The van der Waals surface area contributed by atoms with Crippen LogP contribution in [0, 0.1) is 0 Å². The summed E-state index contributed by atoms with van der Waals surface area (Å²) in [4.78, 5) is 13.0. The molecule has 2 rings (SSSR count). The minimum absolute atomic E-state index is 0.0297. The lowest BCUT2D eigenvalue weighted by atomic mass is 9.96. The Hall–Kier alpha value is -0.610. The van der Waals surface area contributed by atoms with Crippen LogP contribution in [0.4, 0.5) is 0 Å². The van der Waals surface area contributed by atoms with Gasteiger partial charge >= 0.3 is 0 Å². The number of hydrogen-bond donors (Lipinski definition) is 2. The topological polar surface area (TPSA) is 58.4 Å². The monoisotopic (exact) mass is 155 g/mol. The quantitative estimate of drug-likeness (QED) is 0.511. The van der Waals surface area contributed by atoms with E-state index in [0.29, 0.717) is 6.04 Å². The molecule has 0 aliphatic carbocycles. The fourth-order valence-corrected chi connectivity index (χ4v) is 1.66. The van der Waals surface area contributed by atoms with Crippen molar-refractivity contribution < 1.29 is 4.79 Å². The van der Waals surface area contributed by atoms with Crippen molar-refractivity contribution in [3.05, 3.63) is 0 Å². The molecule has 1 atom stereocenters. The van der Waals surface area contributed by atoms with Crippen LogP contribution in [0.5, 0.6) is 0 Å². The molecule has 2 heterocycles. The van der Waals surface area contributed by atoms with Crippen molar-refractivity contribution in [2.75, 3.05) is 19.6 Å². The van der Waals surface area contributed by atoms with Crippen molar-refractivity contribution >= 4 is 5.91 Å². The fraction of sp³-hybridized carbons (Fsp3) is 0.857. The van der Waals surface area contributed by atoms with Gasteiger partial charge in [0.2, 0.25) is 5.91 Å². The Bertz CT molecular complexity index is 179. The molecule has 2 fully saturated rings. The third-order valence-electron chi connectivity index (χ3n) is 2.62. The first-order valence-electron chi connectivity index (χ1n) is 4.05. The van der Waals surface area contributed by atoms with Gasteiger partial charge in [-0.2, -0.15) is 0 Å². The van der Waals surface area contributed by atoms with Gasteiger partial charge in [0.25, 0.3) is 0 Å². The maximum atomic E-state index is 10.8. The van der Waals surface area contributed by atoms with Crippen LogP contribution < -0.4 is 11.1 Å². The zero-order chi connectivity index (χ0) is 7.84. The summed E-state index contributed by atoms with van der Waals surface area (Å²) in [5.74, 6) is -0.164. The van der Waals surface area contributed by atoms with Crippen LogP contribution in [0.15, 0.2) is 0 Å². The molecule has 0 aromatic rings. The third kappa shape index (κ3) is 1.02. The zero-order valence-electron chi connectivity index (χ0n) is 6.42. The minimum atomic E-state index is -0.164. The summed E-state index contributed by atoms with van der Waals surface area (Å²) in [6, 6.07) is 0.600. The second-order valence-electron chi connectivity index (χ2n) is 3.26. The Balaban J connectivity index is 1.89. The highest BCUT2D eigenvalue weighted by atomic mass is 16.1. The molecule has 0 saturated carbocycles. The van der Waals surface area contributed by atoms with Gasteiger partial charge in [0, 0.05) is 25.7 Å². The predicted octanol–water partition coefficient (Wildman–Crippen LogP) is -1.48. The van der Waals surface area contributed by atoms with Gasteiger partial charge < -0.3 is 11.1 Å². The molecule has 2 aliphatic rings. The number of hydrogen-bond acceptors (Lipinski definition) is 3. The van der Waals surface area contributed by atoms with E-state index in [4.69, 9.17) is 5.73 Å². The summed E-state index contributed by atoms with van der Waals surface area (Å²) in [7, 11) is 0.